The number of fused-ring (bicyclic) bond motifs is 1. The average molecular weight is 429 g/mol. The second-order valence-corrected chi connectivity index (χ2v) is 8.65. The number of carbonyl (C=O) groups excluding carboxylic acids is 3. The molecule has 1 aromatic heterocycles. The van der Waals surface area contributed by atoms with Crippen LogP contribution in [0.4, 0.5) is 10.1 Å². The number of carbonyl (C=O) groups is 3. The van der Waals surface area contributed by atoms with E-state index in [4.69, 9.17) is 0 Å². The first-order valence-electron chi connectivity index (χ1n) is 10.3. The number of aliphatic hydroxyl groups excluding tert-OH is 1. The lowest BCUT2D eigenvalue weighted by molar-refractivity contribution is -0.119. The summed E-state index contributed by atoms with van der Waals surface area (Å²) in [5, 5.41) is 14.7. The monoisotopic (exact) mass is 429 g/mol. The van der Waals surface area contributed by atoms with E-state index in [0.717, 1.165) is 18.5 Å². The number of aromatic nitrogens is 1. The molecule has 0 spiro atoms. The average Bonchev–Trinajstić information content (AvgIpc) is 3.01. The van der Waals surface area contributed by atoms with Gasteiger partial charge in [0.25, 0.3) is 17.6 Å². The minimum atomic E-state index is -0.946. The van der Waals surface area contributed by atoms with Crippen LogP contribution < -0.4 is 10.6 Å². The molecule has 0 bridgehead atoms. The normalized spacial score (nSPS) is 13.5. The first-order chi connectivity index (χ1) is 14.6. The van der Waals surface area contributed by atoms with E-state index < -0.39 is 23.1 Å². The number of hydrogen-bond donors (Lipinski definition) is 3. The molecule has 0 fully saturated rings. The van der Waals surface area contributed by atoms with Crippen molar-refractivity contribution in [2.75, 3.05) is 11.9 Å². The summed E-state index contributed by atoms with van der Waals surface area (Å²) in [7, 11) is 0. The highest BCUT2D eigenvalue weighted by molar-refractivity contribution is 6.43. The van der Waals surface area contributed by atoms with Gasteiger partial charge in [-0.15, -0.1) is 0 Å². The molecule has 31 heavy (non-hydrogen) atoms. The first kappa shape index (κ1) is 22.7. The number of halogens is 1. The minimum Gasteiger partial charge on any atom is -0.394 e. The van der Waals surface area contributed by atoms with E-state index >= 15 is 0 Å². The number of nitrogens with zero attached hydrogens (tertiary/aromatic N) is 1. The first-order valence-corrected chi connectivity index (χ1v) is 10.3. The number of ketones is 1. The Morgan fingerprint density at radius 2 is 1.90 bits per heavy atom. The third-order valence-electron chi connectivity index (χ3n) is 5.57. The summed E-state index contributed by atoms with van der Waals surface area (Å²) in [6, 6.07) is 4.31. The van der Waals surface area contributed by atoms with Crippen LogP contribution >= 0.6 is 0 Å². The summed E-state index contributed by atoms with van der Waals surface area (Å²) in [6.45, 7) is 6.72. The molecule has 3 rings (SSSR count). The van der Waals surface area contributed by atoms with Crippen molar-refractivity contribution >= 4 is 23.3 Å². The smallest absolute Gasteiger partial charge is 0.294 e. The number of benzene rings is 1. The number of amides is 2. The zero-order valence-corrected chi connectivity index (χ0v) is 18.3. The Labute approximate surface area is 180 Å². The molecule has 0 atom stereocenters. The van der Waals surface area contributed by atoms with Crippen LogP contribution in [0, 0.1) is 19.7 Å². The van der Waals surface area contributed by atoms with Crippen molar-refractivity contribution < 1.29 is 23.9 Å². The van der Waals surface area contributed by atoms with Gasteiger partial charge in [-0.1, -0.05) is 0 Å². The number of nitrogens with one attached hydrogen (secondary N) is 2. The van der Waals surface area contributed by atoms with Gasteiger partial charge in [-0.25, -0.2) is 4.39 Å². The van der Waals surface area contributed by atoms with Crippen molar-refractivity contribution in [3.8, 4) is 0 Å². The zero-order chi connectivity index (χ0) is 22.9. The van der Waals surface area contributed by atoms with E-state index in [9.17, 15) is 23.9 Å². The van der Waals surface area contributed by atoms with Crippen LogP contribution in [0.25, 0.3) is 0 Å². The molecule has 3 N–H and O–H groups in total. The molecule has 0 saturated carbocycles. The quantitative estimate of drug-likeness (QED) is 0.486. The summed E-state index contributed by atoms with van der Waals surface area (Å²) in [5.74, 6) is -2.32. The second kappa shape index (κ2) is 8.63. The summed E-state index contributed by atoms with van der Waals surface area (Å²) in [6.07, 6.45) is 2.32. The summed E-state index contributed by atoms with van der Waals surface area (Å²) in [5.41, 5.74) is 1.65. The van der Waals surface area contributed by atoms with E-state index in [1.165, 1.54) is 12.1 Å². The lowest BCUT2D eigenvalue weighted by Crippen LogP contribution is -2.49. The molecule has 1 aliphatic heterocycles. The highest BCUT2D eigenvalue weighted by Crippen LogP contribution is 2.30. The van der Waals surface area contributed by atoms with Crippen LogP contribution in [0.1, 0.15) is 64.4 Å². The maximum atomic E-state index is 13.6. The number of Topliss-reactive ketones (excluding diaryl/α,β-unsaturated/α-hetero) is 1. The van der Waals surface area contributed by atoms with Crippen LogP contribution in [-0.2, 0) is 17.8 Å². The van der Waals surface area contributed by atoms with Crippen molar-refractivity contribution in [2.45, 2.75) is 59.0 Å². The predicted molar refractivity (Wildman–Crippen MR) is 115 cm³/mol. The predicted octanol–water partition coefficient (Wildman–Crippen LogP) is 2.90. The maximum absolute atomic E-state index is 13.6. The van der Waals surface area contributed by atoms with Crippen molar-refractivity contribution in [3.05, 3.63) is 52.1 Å². The Hall–Kier alpha value is -3.00. The minimum absolute atomic E-state index is 0.196. The van der Waals surface area contributed by atoms with Crippen LogP contribution in [0.3, 0.4) is 0 Å². The van der Waals surface area contributed by atoms with Crippen LogP contribution in [-0.4, -0.2) is 39.4 Å². The molecule has 0 radical (unpaired) electrons. The Morgan fingerprint density at radius 1 is 1.19 bits per heavy atom. The Kier molecular flexibility index (Phi) is 6.31. The number of hydrogen-bond acceptors (Lipinski definition) is 4. The molecule has 1 aliphatic rings. The molecule has 2 heterocycles. The third-order valence-corrected chi connectivity index (χ3v) is 5.57. The molecular weight excluding hydrogens is 401 g/mol. The van der Waals surface area contributed by atoms with Gasteiger partial charge in [0.2, 0.25) is 0 Å². The van der Waals surface area contributed by atoms with Crippen LogP contribution in [0.15, 0.2) is 18.2 Å². The number of aliphatic hydroxyl groups is 1. The molecule has 2 aromatic rings. The topological polar surface area (TPSA) is 100 Å². The fraction of sp³-hybridized carbons (Fsp3) is 0.435. The molecule has 0 saturated heterocycles. The molecule has 0 aliphatic carbocycles. The Morgan fingerprint density at radius 3 is 2.55 bits per heavy atom. The number of rotatable bonds is 6. The fourth-order valence-electron chi connectivity index (χ4n) is 3.90. The number of aryl methyl sites for hydroxylation is 1. The molecule has 8 heteroatoms. The van der Waals surface area contributed by atoms with E-state index in [-0.39, 0.29) is 18.1 Å². The van der Waals surface area contributed by atoms with Crippen molar-refractivity contribution in [1.82, 2.24) is 9.88 Å². The summed E-state index contributed by atoms with van der Waals surface area (Å²) in [4.78, 5) is 38.7. The molecule has 7 nitrogen and oxygen atoms in total. The van der Waals surface area contributed by atoms with Gasteiger partial charge in [-0.05, 0) is 76.3 Å². The van der Waals surface area contributed by atoms with Crippen molar-refractivity contribution in [1.29, 1.82) is 0 Å². The molecule has 1 aromatic carbocycles. The van der Waals surface area contributed by atoms with E-state index in [0.29, 0.717) is 35.3 Å². The van der Waals surface area contributed by atoms with Crippen molar-refractivity contribution in [3.63, 3.8) is 0 Å². The second-order valence-electron chi connectivity index (χ2n) is 8.65. The fourth-order valence-corrected chi connectivity index (χ4v) is 3.90. The molecule has 2 amide bonds. The standard InChI is InChI=1S/C23H28FN3O4/c1-13-11-15(8-9-16(13)24)25-21(30)18-14(2)19(27-10-6-5-7-17(18)27)20(29)22(31)26-23(3,4)12-28/h8-9,11,28H,5-7,10,12H2,1-4H3,(H,25,30)(H,26,31). The SMILES string of the molecule is Cc1cc(NC(=O)c2c(C)c(C(=O)C(=O)NC(C)(C)CO)n3c2CCCC3)ccc1F. The van der Waals surface area contributed by atoms with E-state index in [2.05, 4.69) is 10.6 Å². The Balaban J connectivity index is 1.98. The zero-order valence-electron chi connectivity index (χ0n) is 18.3. The van der Waals surface area contributed by atoms with Crippen LogP contribution in [0.2, 0.25) is 0 Å². The number of anilines is 1. The molecule has 0 unspecified atom stereocenters. The van der Waals surface area contributed by atoms with Crippen molar-refractivity contribution in [2.24, 2.45) is 0 Å². The third kappa shape index (κ3) is 4.54. The lowest BCUT2D eigenvalue weighted by atomic mass is 10.0. The maximum Gasteiger partial charge on any atom is 0.294 e. The van der Waals surface area contributed by atoms with E-state index in [1.54, 1.807) is 38.3 Å². The lowest BCUT2D eigenvalue weighted by Gasteiger charge is -2.23. The highest BCUT2D eigenvalue weighted by atomic mass is 19.1. The van der Waals surface area contributed by atoms with Gasteiger partial charge in [-0.3, -0.25) is 14.4 Å². The van der Waals surface area contributed by atoms with E-state index in [1.807, 2.05) is 0 Å². The van der Waals surface area contributed by atoms with Crippen LogP contribution in [0.5, 0.6) is 0 Å². The van der Waals surface area contributed by atoms with Gasteiger partial charge in [0.15, 0.2) is 0 Å². The van der Waals surface area contributed by atoms with Gasteiger partial charge in [-0.2, -0.15) is 0 Å². The van der Waals surface area contributed by atoms with Gasteiger partial charge in [0, 0.05) is 17.9 Å². The van der Waals surface area contributed by atoms with Gasteiger partial charge in [0.05, 0.1) is 23.4 Å². The Bertz CT molecular complexity index is 1060. The van der Waals surface area contributed by atoms with Gasteiger partial charge < -0.3 is 20.3 Å². The molecule has 166 valence electrons. The highest BCUT2D eigenvalue weighted by Gasteiger charge is 2.33. The molecular formula is C23H28FN3O4. The van der Waals surface area contributed by atoms with Gasteiger partial charge in [0.1, 0.15) is 5.82 Å². The summed E-state index contributed by atoms with van der Waals surface area (Å²) >= 11 is 0. The summed E-state index contributed by atoms with van der Waals surface area (Å²) < 4.78 is 15.3. The van der Waals surface area contributed by atoms with Gasteiger partial charge >= 0.3 is 0 Å². The largest absolute Gasteiger partial charge is 0.394 e.